The van der Waals surface area contributed by atoms with Crippen LogP contribution in [0.3, 0.4) is 0 Å². The number of fused-ring (bicyclic) bond motifs is 2. The van der Waals surface area contributed by atoms with Gasteiger partial charge in [0.05, 0.1) is 34.5 Å². The average Bonchev–Trinajstić information content (AvgIpc) is 3.42. The zero-order valence-corrected chi connectivity index (χ0v) is 19.2. The van der Waals surface area contributed by atoms with Gasteiger partial charge in [0.1, 0.15) is 35.6 Å². The number of halogens is 2. The quantitative estimate of drug-likeness (QED) is 0.335. The zero-order chi connectivity index (χ0) is 24.5. The fourth-order valence-electron chi connectivity index (χ4n) is 4.03. The molecular formula is C26H23F2N5O2. The second kappa shape index (κ2) is 9.17. The van der Waals surface area contributed by atoms with E-state index in [1.807, 2.05) is 24.6 Å². The van der Waals surface area contributed by atoms with Gasteiger partial charge in [0.15, 0.2) is 0 Å². The number of carbonyl (C=O) groups excluding carboxylic acids is 1. The van der Waals surface area contributed by atoms with Crippen LogP contribution in [0, 0.1) is 11.6 Å². The van der Waals surface area contributed by atoms with E-state index in [-0.39, 0.29) is 30.1 Å². The minimum Gasteiger partial charge on any atom is -0.492 e. The van der Waals surface area contributed by atoms with Crippen molar-refractivity contribution in [1.82, 2.24) is 24.8 Å². The highest BCUT2D eigenvalue weighted by atomic mass is 19.1. The maximum Gasteiger partial charge on any atom is 0.251 e. The van der Waals surface area contributed by atoms with Crippen LogP contribution < -0.4 is 10.1 Å². The van der Waals surface area contributed by atoms with Gasteiger partial charge in [-0.15, -0.1) is 0 Å². The second-order valence-electron chi connectivity index (χ2n) is 8.30. The van der Waals surface area contributed by atoms with Gasteiger partial charge in [-0.25, -0.2) is 18.7 Å². The third-order valence-corrected chi connectivity index (χ3v) is 5.91. The number of carbonyl (C=O) groups is 1. The van der Waals surface area contributed by atoms with Gasteiger partial charge >= 0.3 is 0 Å². The summed E-state index contributed by atoms with van der Waals surface area (Å²) in [5.74, 6) is 0.923. The van der Waals surface area contributed by atoms with Crippen molar-refractivity contribution in [2.75, 3.05) is 13.2 Å². The molecule has 9 heteroatoms. The van der Waals surface area contributed by atoms with Crippen molar-refractivity contribution in [3.8, 4) is 5.75 Å². The minimum absolute atomic E-state index is 0.177. The number of H-pyrrole nitrogens is 1. The Labute approximate surface area is 199 Å². The number of amides is 1. The van der Waals surface area contributed by atoms with Gasteiger partial charge in [0, 0.05) is 12.6 Å². The van der Waals surface area contributed by atoms with Crippen LogP contribution in [-0.2, 0) is 7.05 Å². The molecule has 1 atom stereocenters. The Morgan fingerprint density at radius 3 is 2.57 bits per heavy atom. The number of ether oxygens (including phenoxy) is 1. The lowest BCUT2D eigenvalue weighted by Gasteiger charge is -2.09. The summed E-state index contributed by atoms with van der Waals surface area (Å²) in [4.78, 5) is 25.2. The molecule has 2 heterocycles. The molecule has 0 aliphatic carbocycles. The predicted molar refractivity (Wildman–Crippen MR) is 129 cm³/mol. The number of nitrogens with zero attached hydrogens (tertiary/aromatic N) is 3. The largest absolute Gasteiger partial charge is 0.492 e. The molecule has 5 rings (SSSR count). The fourth-order valence-corrected chi connectivity index (χ4v) is 4.03. The molecule has 5 aromatic rings. The molecule has 1 amide bonds. The van der Waals surface area contributed by atoms with Gasteiger partial charge in [-0.3, -0.25) is 4.79 Å². The third kappa shape index (κ3) is 4.57. The van der Waals surface area contributed by atoms with E-state index < -0.39 is 0 Å². The molecule has 0 fully saturated rings. The SMILES string of the molecule is CC(c1nc2ccc(F)cc2[nH]1)c1nc2ccc(C(=O)NCCOc3ccc(F)cc3)cc2n1C. The van der Waals surface area contributed by atoms with Gasteiger partial charge in [-0.2, -0.15) is 0 Å². The number of hydrogen-bond donors (Lipinski definition) is 2. The lowest BCUT2D eigenvalue weighted by atomic mass is 10.1. The number of nitrogens with one attached hydrogen (secondary N) is 2. The first-order valence-electron chi connectivity index (χ1n) is 11.2. The van der Waals surface area contributed by atoms with Gasteiger partial charge in [-0.05, 0) is 67.6 Å². The lowest BCUT2D eigenvalue weighted by Crippen LogP contribution is -2.28. The van der Waals surface area contributed by atoms with E-state index in [4.69, 9.17) is 9.72 Å². The Kier molecular flexibility index (Phi) is 5.90. The van der Waals surface area contributed by atoms with E-state index in [1.54, 1.807) is 18.2 Å². The summed E-state index contributed by atoms with van der Waals surface area (Å²) in [7, 11) is 1.89. The molecule has 178 valence electrons. The van der Waals surface area contributed by atoms with Crippen molar-refractivity contribution in [2.45, 2.75) is 12.8 Å². The van der Waals surface area contributed by atoms with E-state index in [9.17, 15) is 13.6 Å². The standard InChI is InChI=1S/C26H23F2N5O2/c1-15(24-30-20-10-6-18(28)14-22(20)31-24)25-32-21-9-3-16(13-23(21)33(25)2)26(34)29-11-12-35-19-7-4-17(27)5-8-19/h3-10,13-15H,11-12H2,1-2H3,(H,29,34)(H,30,31). The van der Waals surface area contributed by atoms with Gasteiger partial charge in [0.2, 0.25) is 0 Å². The van der Waals surface area contributed by atoms with Crippen LogP contribution >= 0.6 is 0 Å². The van der Waals surface area contributed by atoms with Crippen LogP contribution in [0.1, 0.15) is 34.8 Å². The molecule has 0 saturated heterocycles. The Morgan fingerprint density at radius 1 is 1.03 bits per heavy atom. The Morgan fingerprint density at radius 2 is 1.77 bits per heavy atom. The first kappa shape index (κ1) is 22.5. The number of aryl methyl sites for hydroxylation is 1. The van der Waals surface area contributed by atoms with Gasteiger partial charge in [-0.1, -0.05) is 0 Å². The van der Waals surface area contributed by atoms with Crippen LogP contribution in [0.15, 0.2) is 60.7 Å². The maximum atomic E-state index is 13.5. The van der Waals surface area contributed by atoms with Crippen molar-refractivity contribution in [3.05, 3.63) is 89.5 Å². The number of aromatic amines is 1. The second-order valence-corrected chi connectivity index (χ2v) is 8.30. The van der Waals surface area contributed by atoms with E-state index >= 15 is 0 Å². The first-order valence-corrected chi connectivity index (χ1v) is 11.2. The molecule has 0 spiro atoms. The highest BCUT2D eigenvalue weighted by Gasteiger charge is 2.20. The third-order valence-electron chi connectivity index (χ3n) is 5.91. The number of hydrogen-bond acceptors (Lipinski definition) is 4. The van der Waals surface area contributed by atoms with Crippen molar-refractivity contribution in [3.63, 3.8) is 0 Å². The maximum absolute atomic E-state index is 13.5. The van der Waals surface area contributed by atoms with Crippen molar-refractivity contribution >= 4 is 28.0 Å². The van der Waals surface area contributed by atoms with E-state index in [0.717, 1.165) is 16.9 Å². The van der Waals surface area contributed by atoms with E-state index in [2.05, 4.69) is 15.3 Å². The lowest BCUT2D eigenvalue weighted by molar-refractivity contribution is 0.0947. The van der Waals surface area contributed by atoms with Gasteiger partial charge in [0.25, 0.3) is 5.91 Å². The van der Waals surface area contributed by atoms with Gasteiger partial charge < -0.3 is 19.6 Å². The van der Waals surface area contributed by atoms with E-state index in [1.165, 1.54) is 36.4 Å². The molecule has 0 bridgehead atoms. The minimum atomic E-state index is -0.332. The Bertz CT molecular complexity index is 1520. The molecule has 7 nitrogen and oxygen atoms in total. The number of aromatic nitrogens is 4. The molecule has 0 radical (unpaired) electrons. The normalized spacial score (nSPS) is 12.2. The van der Waals surface area contributed by atoms with Crippen LogP contribution in [0.25, 0.3) is 22.1 Å². The molecule has 0 saturated carbocycles. The molecule has 0 aliphatic heterocycles. The fraction of sp³-hybridized carbons (Fsp3) is 0.192. The molecule has 2 N–H and O–H groups in total. The van der Waals surface area contributed by atoms with Crippen LogP contribution in [0.5, 0.6) is 5.75 Å². The van der Waals surface area contributed by atoms with Crippen LogP contribution in [0.4, 0.5) is 8.78 Å². The summed E-state index contributed by atoms with van der Waals surface area (Å²) in [5, 5.41) is 2.83. The molecule has 1 unspecified atom stereocenters. The van der Waals surface area contributed by atoms with Crippen LogP contribution in [0.2, 0.25) is 0 Å². The summed E-state index contributed by atoms with van der Waals surface area (Å²) in [5.41, 5.74) is 3.39. The summed E-state index contributed by atoms with van der Waals surface area (Å²) in [6.07, 6.45) is 0. The van der Waals surface area contributed by atoms with Crippen LogP contribution in [-0.4, -0.2) is 38.6 Å². The number of rotatable bonds is 7. The average molecular weight is 475 g/mol. The topological polar surface area (TPSA) is 84.8 Å². The predicted octanol–water partition coefficient (Wildman–Crippen LogP) is 4.69. The summed E-state index contributed by atoms with van der Waals surface area (Å²) >= 11 is 0. The van der Waals surface area contributed by atoms with Crippen molar-refractivity contribution in [1.29, 1.82) is 0 Å². The zero-order valence-electron chi connectivity index (χ0n) is 19.2. The Hall–Kier alpha value is -4.27. The number of imidazole rings is 2. The Balaban J connectivity index is 1.29. The first-order chi connectivity index (χ1) is 16.9. The molecular weight excluding hydrogens is 452 g/mol. The smallest absolute Gasteiger partial charge is 0.251 e. The highest BCUT2D eigenvalue weighted by molar-refractivity contribution is 5.97. The molecule has 0 aliphatic rings. The molecule has 2 aromatic heterocycles. The summed E-state index contributed by atoms with van der Waals surface area (Å²) in [6.45, 7) is 2.53. The number of benzene rings is 3. The monoisotopic (exact) mass is 475 g/mol. The van der Waals surface area contributed by atoms with Crippen molar-refractivity contribution in [2.24, 2.45) is 7.05 Å². The molecule has 3 aromatic carbocycles. The molecule has 35 heavy (non-hydrogen) atoms. The van der Waals surface area contributed by atoms with Crippen molar-refractivity contribution < 1.29 is 18.3 Å². The van der Waals surface area contributed by atoms with E-state index in [0.29, 0.717) is 34.7 Å². The highest BCUT2D eigenvalue weighted by Crippen LogP contribution is 2.27. The summed E-state index contributed by atoms with van der Waals surface area (Å²) < 4.78 is 34.0. The summed E-state index contributed by atoms with van der Waals surface area (Å²) in [6, 6.07) is 15.5.